The zero-order valence-corrected chi connectivity index (χ0v) is 13.5. The van der Waals surface area contributed by atoms with Crippen molar-refractivity contribution in [2.24, 2.45) is 5.92 Å². The molecule has 0 unspecified atom stereocenters. The Balaban J connectivity index is 1.76. The summed E-state index contributed by atoms with van der Waals surface area (Å²) in [6.07, 6.45) is 2.75. The number of H-pyrrole nitrogens is 1. The van der Waals surface area contributed by atoms with E-state index in [0.717, 1.165) is 6.42 Å². The molecule has 0 radical (unpaired) electrons. The topological polar surface area (TPSA) is 87.7 Å². The van der Waals surface area contributed by atoms with Crippen LogP contribution in [0.4, 0.5) is 0 Å². The highest BCUT2D eigenvalue weighted by molar-refractivity contribution is 5.97. The van der Waals surface area contributed by atoms with Gasteiger partial charge in [-0.3, -0.25) is 14.7 Å². The van der Waals surface area contributed by atoms with Gasteiger partial charge in [0.2, 0.25) is 5.91 Å². The lowest BCUT2D eigenvalue weighted by Crippen LogP contribution is -2.23. The SMILES string of the molecule is CC(C)Cc1ccc(C(=O)CCC(=O)NCc2ncn[nH]2)cc1. The number of ketones is 1. The van der Waals surface area contributed by atoms with Gasteiger partial charge < -0.3 is 5.32 Å². The molecule has 1 heterocycles. The molecule has 2 rings (SSSR count). The average Bonchev–Trinajstić information content (AvgIpc) is 3.04. The van der Waals surface area contributed by atoms with E-state index in [2.05, 4.69) is 34.3 Å². The van der Waals surface area contributed by atoms with Crippen molar-refractivity contribution < 1.29 is 9.59 Å². The Morgan fingerprint density at radius 2 is 1.91 bits per heavy atom. The van der Waals surface area contributed by atoms with Gasteiger partial charge in [-0.05, 0) is 17.9 Å². The molecular weight excluding hydrogens is 292 g/mol. The van der Waals surface area contributed by atoms with E-state index in [-0.39, 0.29) is 31.1 Å². The lowest BCUT2D eigenvalue weighted by Gasteiger charge is -2.06. The highest BCUT2D eigenvalue weighted by Gasteiger charge is 2.10. The van der Waals surface area contributed by atoms with Crippen LogP contribution >= 0.6 is 0 Å². The van der Waals surface area contributed by atoms with E-state index in [1.807, 2.05) is 24.3 Å². The number of carbonyl (C=O) groups is 2. The molecule has 0 aliphatic carbocycles. The maximum Gasteiger partial charge on any atom is 0.220 e. The summed E-state index contributed by atoms with van der Waals surface area (Å²) < 4.78 is 0. The maximum absolute atomic E-state index is 12.1. The summed E-state index contributed by atoms with van der Waals surface area (Å²) in [5.74, 6) is 0.983. The second kappa shape index (κ2) is 8.22. The van der Waals surface area contributed by atoms with Crippen molar-refractivity contribution in [2.45, 2.75) is 39.7 Å². The van der Waals surface area contributed by atoms with Crippen molar-refractivity contribution in [2.75, 3.05) is 0 Å². The number of carbonyl (C=O) groups excluding carboxylic acids is 2. The van der Waals surface area contributed by atoms with Crippen molar-refractivity contribution in [1.29, 1.82) is 0 Å². The number of benzene rings is 1. The van der Waals surface area contributed by atoms with Gasteiger partial charge in [0.1, 0.15) is 12.2 Å². The predicted molar refractivity (Wildman–Crippen MR) is 86.8 cm³/mol. The fraction of sp³-hybridized carbons (Fsp3) is 0.412. The number of aromatic amines is 1. The summed E-state index contributed by atoms with van der Waals surface area (Å²) in [6.45, 7) is 4.61. The largest absolute Gasteiger partial charge is 0.349 e. The Hall–Kier alpha value is -2.50. The van der Waals surface area contributed by atoms with Gasteiger partial charge in [0.15, 0.2) is 5.78 Å². The quantitative estimate of drug-likeness (QED) is 0.732. The normalized spacial score (nSPS) is 10.7. The summed E-state index contributed by atoms with van der Waals surface area (Å²) in [7, 11) is 0. The molecule has 0 saturated heterocycles. The molecular formula is C17H22N4O2. The molecule has 2 aromatic rings. The smallest absolute Gasteiger partial charge is 0.220 e. The van der Waals surface area contributed by atoms with Gasteiger partial charge in [-0.25, -0.2) is 4.98 Å². The van der Waals surface area contributed by atoms with Crippen molar-refractivity contribution in [3.8, 4) is 0 Å². The number of hydrogen-bond acceptors (Lipinski definition) is 4. The molecule has 0 aliphatic rings. The van der Waals surface area contributed by atoms with Crippen molar-refractivity contribution in [3.05, 3.63) is 47.5 Å². The number of amides is 1. The highest BCUT2D eigenvalue weighted by Crippen LogP contribution is 2.12. The van der Waals surface area contributed by atoms with Crippen molar-refractivity contribution in [1.82, 2.24) is 20.5 Å². The van der Waals surface area contributed by atoms with Crippen LogP contribution in [0.3, 0.4) is 0 Å². The zero-order valence-electron chi connectivity index (χ0n) is 13.5. The van der Waals surface area contributed by atoms with Gasteiger partial charge in [0, 0.05) is 18.4 Å². The van der Waals surface area contributed by atoms with E-state index in [1.165, 1.54) is 11.9 Å². The Bertz CT molecular complexity index is 633. The van der Waals surface area contributed by atoms with Crippen LogP contribution in [0, 0.1) is 5.92 Å². The van der Waals surface area contributed by atoms with Gasteiger partial charge in [-0.1, -0.05) is 38.1 Å². The molecule has 0 aliphatic heterocycles. The first-order chi connectivity index (χ1) is 11.0. The third-order valence-electron chi connectivity index (χ3n) is 3.42. The molecule has 0 spiro atoms. The van der Waals surface area contributed by atoms with Crippen LogP contribution in [0.5, 0.6) is 0 Å². The Morgan fingerprint density at radius 3 is 2.52 bits per heavy atom. The molecule has 1 aromatic carbocycles. The fourth-order valence-electron chi connectivity index (χ4n) is 2.26. The van der Waals surface area contributed by atoms with Crippen molar-refractivity contribution >= 4 is 11.7 Å². The van der Waals surface area contributed by atoms with E-state index >= 15 is 0 Å². The predicted octanol–water partition coefficient (Wildman–Crippen LogP) is 2.28. The maximum atomic E-state index is 12.1. The lowest BCUT2D eigenvalue weighted by atomic mass is 9.99. The van der Waals surface area contributed by atoms with Crippen LogP contribution in [-0.2, 0) is 17.8 Å². The third kappa shape index (κ3) is 5.65. The minimum Gasteiger partial charge on any atom is -0.349 e. The molecule has 1 aromatic heterocycles. The average molecular weight is 314 g/mol. The monoisotopic (exact) mass is 314 g/mol. The Labute approximate surface area is 135 Å². The van der Waals surface area contributed by atoms with Gasteiger partial charge in [0.05, 0.1) is 6.54 Å². The van der Waals surface area contributed by atoms with Gasteiger partial charge in [-0.2, -0.15) is 5.10 Å². The number of aromatic nitrogens is 3. The van der Waals surface area contributed by atoms with E-state index in [4.69, 9.17) is 0 Å². The number of nitrogens with one attached hydrogen (secondary N) is 2. The Morgan fingerprint density at radius 1 is 1.17 bits per heavy atom. The second-order valence-corrected chi connectivity index (χ2v) is 5.93. The lowest BCUT2D eigenvalue weighted by molar-refractivity contribution is -0.121. The molecule has 1 amide bonds. The molecule has 6 nitrogen and oxygen atoms in total. The van der Waals surface area contributed by atoms with E-state index in [1.54, 1.807) is 0 Å². The number of rotatable bonds is 8. The Kier molecular flexibility index (Phi) is 6.02. The van der Waals surface area contributed by atoms with Crippen LogP contribution in [-0.4, -0.2) is 26.9 Å². The minimum absolute atomic E-state index is 0.0177. The first-order valence-corrected chi connectivity index (χ1v) is 7.77. The van der Waals surface area contributed by atoms with Gasteiger partial charge in [0.25, 0.3) is 0 Å². The molecule has 0 saturated carbocycles. The minimum atomic E-state index is -0.175. The fourth-order valence-corrected chi connectivity index (χ4v) is 2.26. The molecule has 0 fully saturated rings. The van der Waals surface area contributed by atoms with Crippen LogP contribution in [0.2, 0.25) is 0 Å². The molecule has 0 atom stereocenters. The molecule has 122 valence electrons. The summed E-state index contributed by atoms with van der Waals surface area (Å²) >= 11 is 0. The van der Waals surface area contributed by atoms with E-state index < -0.39 is 0 Å². The van der Waals surface area contributed by atoms with E-state index in [0.29, 0.717) is 17.3 Å². The first kappa shape index (κ1) is 16.9. The second-order valence-electron chi connectivity index (χ2n) is 5.93. The summed E-state index contributed by atoms with van der Waals surface area (Å²) in [6, 6.07) is 7.65. The molecule has 0 bridgehead atoms. The number of nitrogens with zero attached hydrogens (tertiary/aromatic N) is 2. The van der Waals surface area contributed by atoms with Gasteiger partial charge in [-0.15, -0.1) is 0 Å². The summed E-state index contributed by atoms with van der Waals surface area (Å²) in [5, 5.41) is 9.05. The van der Waals surface area contributed by atoms with E-state index in [9.17, 15) is 9.59 Å². The van der Waals surface area contributed by atoms with Crippen LogP contribution in [0.25, 0.3) is 0 Å². The van der Waals surface area contributed by atoms with Crippen LogP contribution in [0.15, 0.2) is 30.6 Å². The standard InChI is InChI=1S/C17H22N4O2/c1-12(2)9-13-3-5-14(6-4-13)15(22)7-8-17(23)18-10-16-19-11-20-21-16/h3-6,11-12H,7-10H2,1-2H3,(H,18,23)(H,19,20,21). The number of hydrogen-bond donors (Lipinski definition) is 2. The number of Topliss-reactive ketones (excluding diaryl/α,β-unsaturated/α-hetero) is 1. The van der Waals surface area contributed by atoms with Crippen LogP contribution < -0.4 is 5.32 Å². The summed E-state index contributed by atoms with van der Waals surface area (Å²) in [4.78, 5) is 27.7. The van der Waals surface area contributed by atoms with Crippen LogP contribution in [0.1, 0.15) is 48.4 Å². The first-order valence-electron chi connectivity index (χ1n) is 7.77. The van der Waals surface area contributed by atoms with Crippen molar-refractivity contribution in [3.63, 3.8) is 0 Å². The molecule has 6 heteroatoms. The summed E-state index contributed by atoms with van der Waals surface area (Å²) in [5.41, 5.74) is 1.88. The third-order valence-corrected chi connectivity index (χ3v) is 3.42. The molecule has 23 heavy (non-hydrogen) atoms. The molecule has 2 N–H and O–H groups in total. The van der Waals surface area contributed by atoms with Gasteiger partial charge >= 0.3 is 0 Å². The highest BCUT2D eigenvalue weighted by atomic mass is 16.2. The zero-order chi connectivity index (χ0) is 16.7.